The molecule has 16 heavy (non-hydrogen) atoms. The Hall–Kier alpha value is -0.610. The molecule has 3 atom stereocenters. The summed E-state index contributed by atoms with van der Waals surface area (Å²) in [5, 5.41) is 19.0. The Balaban J connectivity index is 1.95. The van der Waals surface area contributed by atoms with Crippen LogP contribution in [-0.4, -0.2) is 46.3 Å². The van der Waals surface area contributed by atoms with E-state index in [2.05, 4.69) is 4.90 Å². The first kappa shape index (κ1) is 11.9. The number of aliphatic carboxylic acids is 1. The van der Waals surface area contributed by atoms with Crippen molar-refractivity contribution in [2.75, 3.05) is 13.1 Å². The van der Waals surface area contributed by atoms with Crippen LogP contribution in [0.4, 0.5) is 0 Å². The molecule has 0 amide bonds. The van der Waals surface area contributed by atoms with Crippen molar-refractivity contribution in [2.45, 2.75) is 50.7 Å². The van der Waals surface area contributed by atoms with Gasteiger partial charge in [-0.2, -0.15) is 0 Å². The third-order valence-electron chi connectivity index (χ3n) is 3.96. The van der Waals surface area contributed by atoms with Crippen LogP contribution in [0.15, 0.2) is 0 Å². The lowest BCUT2D eigenvalue weighted by Crippen LogP contribution is -2.50. The first-order valence-corrected chi connectivity index (χ1v) is 6.33. The van der Waals surface area contributed by atoms with Gasteiger partial charge in [-0.15, -0.1) is 0 Å². The summed E-state index contributed by atoms with van der Waals surface area (Å²) in [7, 11) is 0. The largest absolute Gasteiger partial charge is 0.481 e. The molecule has 4 heteroatoms. The number of likely N-dealkylation sites (tertiary alicyclic amines) is 1. The Morgan fingerprint density at radius 1 is 1.12 bits per heavy atom. The van der Waals surface area contributed by atoms with Gasteiger partial charge in [-0.3, -0.25) is 9.69 Å². The highest BCUT2D eigenvalue weighted by Gasteiger charge is 2.33. The monoisotopic (exact) mass is 227 g/mol. The van der Waals surface area contributed by atoms with E-state index in [4.69, 9.17) is 5.11 Å². The zero-order valence-corrected chi connectivity index (χ0v) is 9.64. The van der Waals surface area contributed by atoms with E-state index in [0.717, 1.165) is 45.1 Å². The first-order chi connectivity index (χ1) is 7.68. The van der Waals surface area contributed by atoms with Crippen LogP contribution in [0.3, 0.4) is 0 Å². The number of nitrogens with zero attached hydrogens (tertiary/aromatic N) is 1. The molecule has 1 aliphatic carbocycles. The molecule has 0 aromatic heterocycles. The van der Waals surface area contributed by atoms with Gasteiger partial charge in [-0.05, 0) is 32.2 Å². The highest BCUT2D eigenvalue weighted by Crippen LogP contribution is 2.27. The Morgan fingerprint density at radius 2 is 1.88 bits per heavy atom. The number of carboxylic acid groups (broad SMARTS) is 1. The van der Waals surface area contributed by atoms with Crippen molar-refractivity contribution in [2.24, 2.45) is 5.92 Å². The summed E-state index contributed by atoms with van der Waals surface area (Å²) in [6.07, 6.45) is 5.65. The average Bonchev–Trinajstić information content (AvgIpc) is 2.30. The van der Waals surface area contributed by atoms with E-state index in [0.29, 0.717) is 6.54 Å². The van der Waals surface area contributed by atoms with Crippen LogP contribution in [0, 0.1) is 5.92 Å². The van der Waals surface area contributed by atoms with Gasteiger partial charge in [-0.25, -0.2) is 0 Å². The summed E-state index contributed by atoms with van der Waals surface area (Å²) in [5.41, 5.74) is 0. The van der Waals surface area contributed by atoms with Crippen molar-refractivity contribution in [3.05, 3.63) is 0 Å². The highest BCUT2D eigenvalue weighted by atomic mass is 16.4. The molecule has 0 radical (unpaired) electrons. The Morgan fingerprint density at radius 3 is 2.56 bits per heavy atom. The number of carboxylic acids is 1. The van der Waals surface area contributed by atoms with E-state index in [1.54, 1.807) is 0 Å². The van der Waals surface area contributed by atoms with Crippen LogP contribution in [0.2, 0.25) is 0 Å². The van der Waals surface area contributed by atoms with Gasteiger partial charge < -0.3 is 10.2 Å². The van der Waals surface area contributed by atoms with Crippen LogP contribution in [0.25, 0.3) is 0 Å². The summed E-state index contributed by atoms with van der Waals surface area (Å²) in [6.45, 7) is 1.57. The molecule has 0 bridgehead atoms. The Bertz CT molecular complexity index is 257. The highest BCUT2D eigenvalue weighted by molar-refractivity contribution is 5.70. The molecule has 0 aromatic rings. The maximum atomic E-state index is 11.0. The summed E-state index contributed by atoms with van der Waals surface area (Å²) in [6, 6.07) is 0.205. The van der Waals surface area contributed by atoms with E-state index in [1.807, 2.05) is 0 Å². The van der Waals surface area contributed by atoms with Crippen molar-refractivity contribution in [1.29, 1.82) is 0 Å². The van der Waals surface area contributed by atoms with E-state index in [-0.39, 0.29) is 18.1 Å². The van der Waals surface area contributed by atoms with Gasteiger partial charge in [0, 0.05) is 12.6 Å². The van der Waals surface area contributed by atoms with Gasteiger partial charge in [0.15, 0.2) is 0 Å². The van der Waals surface area contributed by atoms with Crippen LogP contribution in [0.5, 0.6) is 0 Å². The molecule has 2 fully saturated rings. The van der Waals surface area contributed by atoms with Crippen molar-refractivity contribution < 1.29 is 15.0 Å². The molecule has 2 rings (SSSR count). The number of carbonyl (C=O) groups is 1. The molecule has 1 saturated carbocycles. The molecule has 1 aliphatic heterocycles. The predicted octanol–water partition coefficient (Wildman–Crippen LogP) is 1.09. The molecule has 2 aliphatic rings. The normalized spacial score (nSPS) is 37.2. The van der Waals surface area contributed by atoms with Crippen molar-refractivity contribution in [1.82, 2.24) is 4.90 Å². The topological polar surface area (TPSA) is 60.8 Å². The molecule has 4 nitrogen and oxygen atoms in total. The Kier molecular flexibility index (Phi) is 3.82. The summed E-state index contributed by atoms with van der Waals surface area (Å²) >= 11 is 0. The number of rotatable bonds is 2. The van der Waals surface area contributed by atoms with E-state index < -0.39 is 5.97 Å². The number of aliphatic hydroxyl groups excluding tert-OH is 1. The fourth-order valence-electron chi connectivity index (χ4n) is 3.03. The van der Waals surface area contributed by atoms with Gasteiger partial charge in [0.2, 0.25) is 0 Å². The van der Waals surface area contributed by atoms with Gasteiger partial charge in [0.1, 0.15) is 0 Å². The summed E-state index contributed by atoms with van der Waals surface area (Å²) in [4.78, 5) is 13.2. The van der Waals surface area contributed by atoms with Gasteiger partial charge in [0.25, 0.3) is 0 Å². The van der Waals surface area contributed by atoms with Crippen LogP contribution < -0.4 is 0 Å². The standard InChI is InChI=1S/C12H21NO3/c14-11-6-2-1-5-10(11)13-7-3-4-9(8-13)12(15)16/h9-11,14H,1-8H2,(H,15,16). The Labute approximate surface area is 96.3 Å². The lowest BCUT2D eigenvalue weighted by molar-refractivity contribution is -0.144. The first-order valence-electron chi connectivity index (χ1n) is 6.33. The van der Waals surface area contributed by atoms with Crippen molar-refractivity contribution in [3.8, 4) is 0 Å². The van der Waals surface area contributed by atoms with Gasteiger partial charge >= 0.3 is 5.97 Å². The molecule has 0 spiro atoms. The lowest BCUT2D eigenvalue weighted by atomic mass is 9.88. The molecular formula is C12H21NO3. The minimum Gasteiger partial charge on any atom is -0.481 e. The third kappa shape index (κ3) is 2.55. The van der Waals surface area contributed by atoms with E-state index in [9.17, 15) is 9.90 Å². The van der Waals surface area contributed by atoms with Crippen molar-refractivity contribution >= 4 is 5.97 Å². The minimum absolute atomic E-state index is 0.205. The molecule has 3 unspecified atom stereocenters. The molecule has 1 heterocycles. The number of piperidine rings is 1. The van der Waals surface area contributed by atoms with Gasteiger partial charge in [-0.1, -0.05) is 12.8 Å². The number of hydrogen-bond acceptors (Lipinski definition) is 3. The smallest absolute Gasteiger partial charge is 0.307 e. The van der Waals surface area contributed by atoms with Crippen LogP contribution in [0.1, 0.15) is 38.5 Å². The molecule has 92 valence electrons. The minimum atomic E-state index is -0.685. The average molecular weight is 227 g/mol. The van der Waals surface area contributed by atoms with E-state index in [1.165, 1.54) is 0 Å². The SMILES string of the molecule is O=C(O)C1CCCN(C2CCCCC2O)C1. The molecule has 2 N–H and O–H groups in total. The lowest BCUT2D eigenvalue weighted by Gasteiger charge is -2.41. The fraction of sp³-hybridized carbons (Fsp3) is 0.917. The number of aliphatic hydroxyl groups is 1. The third-order valence-corrected chi connectivity index (χ3v) is 3.96. The summed E-state index contributed by atoms with van der Waals surface area (Å²) in [5.74, 6) is -0.919. The van der Waals surface area contributed by atoms with Crippen molar-refractivity contribution in [3.63, 3.8) is 0 Å². The van der Waals surface area contributed by atoms with Gasteiger partial charge in [0.05, 0.1) is 12.0 Å². The maximum Gasteiger partial charge on any atom is 0.307 e. The number of hydrogen-bond donors (Lipinski definition) is 2. The predicted molar refractivity (Wildman–Crippen MR) is 60.2 cm³/mol. The zero-order chi connectivity index (χ0) is 11.5. The molecule has 0 aromatic carbocycles. The zero-order valence-electron chi connectivity index (χ0n) is 9.64. The van der Waals surface area contributed by atoms with Crippen LogP contribution >= 0.6 is 0 Å². The molecule has 1 saturated heterocycles. The molecular weight excluding hydrogens is 206 g/mol. The summed E-state index contributed by atoms with van der Waals surface area (Å²) < 4.78 is 0. The second-order valence-corrected chi connectivity index (χ2v) is 5.09. The quantitative estimate of drug-likeness (QED) is 0.741. The fourth-order valence-corrected chi connectivity index (χ4v) is 3.03. The maximum absolute atomic E-state index is 11.0. The van der Waals surface area contributed by atoms with Crippen LogP contribution in [-0.2, 0) is 4.79 Å². The second kappa shape index (κ2) is 5.15. The second-order valence-electron chi connectivity index (χ2n) is 5.09. The van der Waals surface area contributed by atoms with E-state index >= 15 is 0 Å².